The first-order valence-corrected chi connectivity index (χ1v) is 8.84. The Bertz CT molecular complexity index is 458. The molecule has 1 saturated carbocycles. The molecule has 130 valence electrons. The first-order chi connectivity index (χ1) is 11.1. The Kier molecular flexibility index (Phi) is 7.86. The van der Waals surface area contributed by atoms with Crippen LogP contribution < -0.4 is 10.1 Å². The summed E-state index contributed by atoms with van der Waals surface area (Å²) < 4.78 is 11.2. The van der Waals surface area contributed by atoms with Gasteiger partial charge < -0.3 is 19.9 Å². The SMILES string of the molecule is Cc1ccc(OCCOCC(O)CNC2CCCCC2)cc1C. The second kappa shape index (κ2) is 9.91. The van der Waals surface area contributed by atoms with Crippen molar-refractivity contribution in [3.63, 3.8) is 0 Å². The van der Waals surface area contributed by atoms with Gasteiger partial charge in [-0.3, -0.25) is 0 Å². The first kappa shape index (κ1) is 18.2. The maximum absolute atomic E-state index is 9.93. The maximum atomic E-state index is 9.93. The van der Waals surface area contributed by atoms with Crippen LogP contribution in [-0.4, -0.2) is 43.6 Å². The van der Waals surface area contributed by atoms with Gasteiger partial charge >= 0.3 is 0 Å². The van der Waals surface area contributed by atoms with Crippen LogP contribution in [0.3, 0.4) is 0 Å². The molecule has 1 aromatic rings. The topological polar surface area (TPSA) is 50.7 Å². The molecule has 0 heterocycles. The Morgan fingerprint density at radius 2 is 1.91 bits per heavy atom. The molecule has 4 heteroatoms. The van der Waals surface area contributed by atoms with Gasteiger partial charge in [-0.05, 0) is 49.9 Å². The number of hydrogen-bond donors (Lipinski definition) is 2. The van der Waals surface area contributed by atoms with Crippen molar-refractivity contribution in [2.24, 2.45) is 0 Å². The van der Waals surface area contributed by atoms with E-state index in [0.717, 1.165) is 5.75 Å². The Morgan fingerprint density at radius 1 is 1.13 bits per heavy atom. The van der Waals surface area contributed by atoms with E-state index < -0.39 is 6.10 Å². The van der Waals surface area contributed by atoms with Crippen molar-refractivity contribution in [2.45, 2.75) is 58.1 Å². The van der Waals surface area contributed by atoms with E-state index in [1.165, 1.54) is 43.2 Å². The summed E-state index contributed by atoms with van der Waals surface area (Å²) in [4.78, 5) is 0. The molecule has 0 radical (unpaired) electrons. The van der Waals surface area contributed by atoms with E-state index in [4.69, 9.17) is 9.47 Å². The van der Waals surface area contributed by atoms with Gasteiger partial charge in [0.15, 0.2) is 0 Å². The fourth-order valence-electron chi connectivity index (χ4n) is 2.91. The summed E-state index contributed by atoms with van der Waals surface area (Å²) in [5, 5.41) is 13.4. The lowest BCUT2D eigenvalue weighted by Crippen LogP contribution is -2.38. The molecule has 1 unspecified atom stereocenters. The molecule has 0 aromatic heterocycles. The van der Waals surface area contributed by atoms with Crippen molar-refractivity contribution in [1.82, 2.24) is 5.32 Å². The van der Waals surface area contributed by atoms with E-state index in [9.17, 15) is 5.11 Å². The van der Waals surface area contributed by atoms with Crippen LogP contribution >= 0.6 is 0 Å². The molecular weight excluding hydrogens is 290 g/mol. The zero-order valence-corrected chi connectivity index (χ0v) is 14.5. The number of aryl methyl sites for hydroxylation is 2. The Labute approximate surface area is 140 Å². The molecule has 0 saturated heterocycles. The van der Waals surface area contributed by atoms with Gasteiger partial charge in [0, 0.05) is 12.6 Å². The monoisotopic (exact) mass is 321 g/mol. The first-order valence-electron chi connectivity index (χ1n) is 8.84. The fraction of sp³-hybridized carbons (Fsp3) is 0.684. The third-order valence-corrected chi connectivity index (χ3v) is 4.53. The Morgan fingerprint density at radius 3 is 2.65 bits per heavy atom. The predicted molar refractivity (Wildman–Crippen MR) is 93.1 cm³/mol. The second-order valence-corrected chi connectivity index (χ2v) is 6.57. The van der Waals surface area contributed by atoms with Crippen molar-refractivity contribution in [3.05, 3.63) is 29.3 Å². The van der Waals surface area contributed by atoms with Crippen LogP contribution in [0, 0.1) is 13.8 Å². The van der Waals surface area contributed by atoms with Crippen molar-refractivity contribution in [3.8, 4) is 5.75 Å². The molecule has 0 spiro atoms. The summed E-state index contributed by atoms with van der Waals surface area (Å²) in [7, 11) is 0. The summed E-state index contributed by atoms with van der Waals surface area (Å²) in [5.74, 6) is 0.871. The second-order valence-electron chi connectivity index (χ2n) is 6.57. The minimum absolute atomic E-state index is 0.357. The van der Waals surface area contributed by atoms with Crippen LogP contribution in [0.1, 0.15) is 43.2 Å². The fourth-order valence-corrected chi connectivity index (χ4v) is 2.91. The van der Waals surface area contributed by atoms with Crippen LogP contribution in [0.5, 0.6) is 5.75 Å². The number of aliphatic hydroxyl groups is 1. The minimum atomic E-state index is -0.446. The molecule has 0 aliphatic heterocycles. The summed E-state index contributed by atoms with van der Waals surface area (Å²) in [6.45, 7) is 6.14. The van der Waals surface area contributed by atoms with Crippen LogP contribution in [0.2, 0.25) is 0 Å². The van der Waals surface area contributed by atoms with Crippen LogP contribution in [0.15, 0.2) is 18.2 Å². The molecule has 0 bridgehead atoms. The lowest BCUT2D eigenvalue weighted by Gasteiger charge is -2.24. The van der Waals surface area contributed by atoms with Gasteiger partial charge in [0.25, 0.3) is 0 Å². The third-order valence-electron chi connectivity index (χ3n) is 4.53. The Hall–Kier alpha value is -1.10. The van der Waals surface area contributed by atoms with Crippen molar-refractivity contribution in [2.75, 3.05) is 26.4 Å². The number of rotatable bonds is 9. The maximum Gasteiger partial charge on any atom is 0.119 e. The number of ether oxygens (including phenoxy) is 2. The molecule has 1 fully saturated rings. The summed E-state index contributed by atoms with van der Waals surface area (Å²) in [6, 6.07) is 6.65. The molecule has 4 nitrogen and oxygen atoms in total. The standard InChI is InChI=1S/C19H31NO3/c1-15-8-9-19(12-16(15)2)23-11-10-22-14-18(21)13-20-17-6-4-3-5-7-17/h8-9,12,17-18,20-21H,3-7,10-11,13-14H2,1-2H3. The van der Waals surface area contributed by atoms with Gasteiger partial charge in [-0.1, -0.05) is 25.3 Å². The van der Waals surface area contributed by atoms with E-state index in [0.29, 0.717) is 32.4 Å². The van der Waals surface area contributed by atoms with Gasteiger partial charge in [-0.25, -0.2) is 0 Å². The zero-order chi connectivity index (χ0) is 16.5. The third kappa shape index (κ3) is 6.90. The Balaban J connectivity index is 1.51. The molecule has 2 rings (SSSR count). The molecule has 1 aliphatic rings. The summed E-state index contributed by atoms with van der Waals surface area (Å²) >= 11 is 0. The largest absolute Gasteiger partial charge is 0.491 e. The highest BCUT2D eigenvalue weighted by Crippen LogP contribution is 2.17. The zero-order valence-electron chi connectivity index (χ0n) is 14.5. The summed E-state index contributed by atoms with van der Waals surface area (Å²) in [6.07, 6.45) is 5.98. The van der Waals surface area contributed by atoms with Gasteiger partial charge in [0.05, 0.1) is 19.3 Å². The van der Waals surface area contributed by atoms with Crippen molar-refractivity contribution in [1.29, 1.82) is 0 Å². The lowest BCUT2D eigenvalue weighted by atomic mass is 9.95. The molecule has 1 atom stereocenters. The summed E-state index contributed by atoms with van der Waals surface area (Å²) in [5.41, 5.74) is 2.50. The van der Waals surface area contributed by atoms with Gasteiger partial charge in [0.2, 0.25) is 0 Å². The van der Waals surface area contributed by atoms with Gasteiger partial charge in [-0.15, -0.1) is 0 Å². The molecule has 1 aliphatic carbocycles. The van der Waals surface area contributed by atoms with Gasteiger partial charge in [0.1, 0.15) is 12.4 Å². The number of benzene rings is 1. The number of aliphatic hydroxyl groups excluding tert-OH is 1. The minimum Gasteiger partial charge on any atom is -0.491 e. The average molecular weight is 321 g/mol. The van der Waals surface area contributed by atoms with Gasteiger partial charge in [-0.2, -0.15) is 0 Å². The van der Waals surface area contributed by atoms with Crippen LogP contribution in [0.25, 0.3) is 0 Å². The number of hydrogen-bond acceptors (Lipinski definition) is 4. The van der Waals surface area contributed by atoms with Crippen LogP contribution in [0.4, 0.5) is 0 Å². The van der Waals surface area contributed by atoms with E-state index in [2.05, 4.69) is 25.2 Å². The molecular formula is C19H31NO3. The van der Waals surface area contributed by atoms with E-state index in [1.54, 1.807) is 0 Å². The van der Waals surface area contributed by atoms with E-state index in [1.807, 2.05) is 12.1 Å². The smallest absolute Gasteiger partial charge is 0.119 e. The molecule has 1 aromatic carbocycles. The number of nitrogens with one attached hydrogen (secondary N) is 1. The van der Waals surface area contributed by atoms with Crippen molar-refractivity contribution < 1.29 is 14.6 Å². The van der Waals surface area contributed by atoms with E-state index >= 15 is 0 Å². The van der Waals surface area contributed by atoms with Crippen LogP contribution in [-0.2, 0) is 4.74 Å². The van der Waals surface area contributed by atoms with Crippen molar-refractivity contribution >= 4 is 0 Å². The highest BCUT2D eigenvalue weighted by molar-refractivity contribution is 5.33. The van der Waals surface area contributed by atoms with E-state index in [-0.39, 0.29) is 0 Å². The predicted octanol–water partition coefficient (Wildman–Crippen LogP) is 2.98. The highest BCUT2D eigenvalue weighted by Gasteiger charge is 2.14. The molecule has 0 amide bonds. The average Bonchev–Trinajstić information content (AvgIpc) is 2.57. The normalized spacial score (nSPS) is 17.2. The molecule has 23 heavy (non-hydrogen) atoms. The highest BCUT2D eigenvalue weighted by atomic mass is 16.5. The lowest BCUT2D eigenvalue weighted by molar-refractivity contribution is 0.0235. The quantitative estimate of drug-likeness (QED) is 0.687. The molecule has 2 N–H and O–H groups in total.